The first-order valence-corrected chi connectivity index (χ1v) is 6.99. The lowest BCUT2D eigenvalue weighted by molar-refractivity contribution is -0.384. The van der Waals surface area contributed by atoms with Crippen LogP contribution in [0, 0.1) is 10.1 Å². The molecular weight excluding hydrogens is 370 g/mol. The van der Waals surface area contributed by atoms with Gasteiger partial charge in [0.2, 0.25) is 0 Å². The van der Waals surface area contributed by atoms with E-state index in [2.05, 4.69) is 31.9 Å². The Labute approximate surface area is 121 Å². The highest BCUT2D eigenvalue weighted by atomic mass is 79.9. The summed E-state index contributed by atoms with van der Waals surface area (Å²) in [6.45, 7) is 2.00. The number of non-ortho nitro benzene ring substituents is 1. The molecule has 1 aromatic rings. The van der Waals surface area contributed by atoms with Crippen LogP contribution in [0.5, 0.6) is 0 Å². The molecule has 0 bridgehead atoms. The molecule has 0 aliphatic heterocycles. The van der Waals surface area contributed by atoms with Crippen LogP contribution >= 0.6 is 31.9 Å². The number of hydrogen-bond donors (Lipinski definition) is 0. The maximum Gasteiger partial charge on any atom is 0.321 e. The number of halogens is 2. The fourth-order valence-corrected chi connectivity index (χ4v) is 2.26. The van der Waals surface area contributed by atoms with Gasteiger partial charge >= 0.3 is 5.97 Å². The number of benzene rings is 1. The summed E-state index contributed by atoms with van der Waals surface area (Å²) < 4.78 is 4.87. The van der Waals surface area contributed by atoms with Gasteiger partial charge in [0, 0.05) is 12.1 Å². The number of hydrogen-bond acceptors (Lipinski definition) is 4. The first kappa shape index (κ1) is 15.1. The number of nitro groups is 1. The lowest BCUT2D eigenvalue weighted by atomic mass is 10.1. The predicted octanol–water partition coefficient (Wildman–Crippen LogP) is 3.36. The number of carbonyl (C=O) groups excluding carboxylic acids is 1. The molecule has 0 saturated heterocycles. The van der Waals surface area contributed by atoms with E-state index < -0.39 is 20.5 Å². The van der Waals surface area contributed by atoms with Crippen LogP contribution in [0.2, 0.25) is 0 Å². The summed E-state index contributed by atoms with van der Waals surface area (Å²) in [5.74, 6) is -0.411. The van der Waals surface area contributed by atoms with E-state index in [9.17, 15) is 14.9 Å². The molecule has 0 fully saturated rings. The summed E-state index contributed by atoms with van der Waals surface area (Å²) in [5, 5.41) is 10.7. The summed E-state index contributed by atoms with van der Waals surface area (Å²) in [4.78, 5) is 20.7. The smallest absolute Gasteiger partial charge is 0.321 e. The molecule has 0 aromatic heterocycles. The van der Waals surface area contributed by atoms with E-state index in [4.69, 9.17) is 4.74 Å². The second kappa shape index (κ2) is 6.84. The van der Waals surface area contributed by atoms with Crippen molar-refractivity contribution in [2.75, 3.05) is 6.61 Å². The maximum atomic E-state index is 11.5. The minimum absolute atomic E-state index is 0.0134. The molecule has 7 heteroatoms. The van der Waals surface area contributed by atoms with Crippen LogP contribution in [0.15, 0.2) is 24.3 Å². The summed E-state index contributed by atoms with van der Waals surface area (Å²) in [5.41, 5.74) is 0.625. The molecule has 1 aromatic carbocycles. The second-order valence-corrected chi connectivity index (χ2v) is 5.38. The summed E-state index contributed by atoms with van der Waals surface area (Å²) in [6, 6.07) is 6.11. The maximum absolute atomic E-state index is 11.5. The summed E-state index contributed by atoms with van der Waals surface area (Å²) in [6.07, 6.45) is 0. The van der Waals surface area contributed by atoms with Gasteiger partial charge in [-0.1, -0.05) is 44.0 Å². The van der Waals surface area contributed by atoms with Gasteiger partial charge in [0.05, 0.1) is 16.4 Å². The minimum Gasteiger partial charge on any atom is -0.465 e. The van der Waals surface area contributed by atoms with Gasteiger partial charge in [-0.25, -0.2) is 0 Å². The van der Waals surface area contributed by atoms with E-state index in [0.717, 1.165) is 0 Å². The van der Waals surface area contributed by atoms with Crippen LogP contribution in [-0.2, 0) is 9.53 Å². The van der Waals surface area contributed by atoms with Gasteiger partial charge in [-0.2, -0.15) is 0 Å². The minimum atomic E-state index is -0.598. The normalized spacial score (nSPS) is 13.7. The van der Waals surface area contributed by atoms with Crippen LogP contribution in [0.4, 0.5) is 5.69 Å². The van der Waals surface area contributed by atoms with Gasteiger partial charge in [-0.15, -0.1) is 0 Å². The molecule has 0 aliphatic rings. The second-order valence-electron chi connectivity index (χ2n) is 3.41. The number of carbonyl (C=O) groups is 1. The Balaban J connectivity index is 2.89. The Kier molecular flexibility index (Phi) is 5.74. The zero-order valence-electron chi connectivity index (χ0n) is 9.51. The van der Waals surface area contributed by atoms with Crippen molar-refractivity contribution >= 4 is 43.5 Å². The van der Waals surface area contributed by atoms with Crippen molar-refractivity contribution in [3.63, 3.8) is 0 Å². The average Bonchev–Trinajstić information content (AvgIpc) is 2.37. The standard InChI is InChI=1S/C11H11Br2NO4/c1-2-18-11(15)10(13)9(12)7-4-3-5-8(6-7)14(16)17/h3-6,9-10H,2H2,1H3/t9-,10-/m1/s1. The third-order valence-electron chi connectivity index (χ3n) is 2.17. The molecular formula is C11H11Br2NO4. The Morgan fingerprint density at radius 1 is 1.50 bits per heavy atom. The molecule has 0 saturated carbocycles. The molecule has 2 atom stereocenters. The Morgan fingerprint density at radius 2 is 2.17 bits per heavy atom. The monoisotopic (exact) mass is 379 g/mol. The van der Waals surface area contributed by atoms with Gasteiger partial charge < -0.3 is 4.74 Å². The van der Waals surface area contributed by atoms with Gasteiger partial charge in [0.25, 0.3) is 5.69 Å². The molecule has 0 unspecified atom stereocenters. The van der Waals surface area contributed by atoms with E-state index in [1.807, 2.05) is 0 Å². The number of nitrogens with zero attached hydrogens (tertiary/aromatic N) is 1. The molecule has 5 nitrogen and oxygen atoms in total. The van der Waals surface area contributed by atoms with Crippen LogP contribution < -0.4 is 0 Å². The number of esters is 1. The number of nitro benzene ring substituents is 1. The molecule has 18 heavy (non-hydrogen) atoms. The van der Waals surface area contributed by atoms with E-state index in [-0.39, 0.29) is 12.3 Å². The number of rotatable bonds is 5. The van der Waals surface area contributed by atoms with Crippen molar-refractivity contribution in [3.05, 3.63) is 39.9 Å². The van der Waals surface area contributed by atoms with Crippen molar-refractivity contribution < 1.29 is 14.5 Å². The quantitative estimate of drug-likeness (QED) is 0.340. The van der Waals surface area contributed by atoms with Gasteiger partial charge in [-0.05, 0) is 12.5 Å². The molecule has 1 rings (SSSR count). The molecule has 0 radical (unpaired) electrons. The highest BCUT2D eigenvalue weighted by Crippen LogP contribution is 2.33. The van der Waals surface area contributed by atoms with E-state index >= 15 is 0 Å². The van der Waals surface area contributed by atoms with Crippen molar-refractivity contribution in [3.8, 4) is 0 Å². The molecule has 98 valence electrons. The number of ether oxygens (including phenoxy) is 1. The lowest BCUT2D eigenvalue weighted by Gasteiger charge is -2.15. The topological polar surface area (TPSA) is 69.4 Å². The third-order valence-corrected chi connectivity index (χ3v) is 4.84. The average molecular weight is 381 g/mol. The fourth-order valence-electron chi connectivity index (χ4n) is 1.32. The summed E-state index contributed by atoms with van der Waals surface area (Å²) in [7, 11) is 0. The Bertz CT molecular complexity index is 452. The molecule has 0 heterocycles. The van der Waals surface area contributed by atoms with Crippen LogP contribution in [-0.4, -0.2) is 22.3 Å². The summed E-state index contributed by atoms with van der Waals surface area (Å²) >= 11 is 6.55. The molecule has 0 amide bonds. The van der Waals surface area contributed by atoms with Crippen LogP contribution in [0.3, 0.4) is 0 Å². The largest absolute Gasteiger partial charge is 0.465 e. The van der Waals surface area contributed by atoms with E-state index in [1.54, 1.807) is 19.1 Å². The van der Waals surface area contributed by atoms with Crippen molar-refractivity contribution in [1.82, 2.24) is 0 Å². The van der Waals surface area contributed by atoms with Crippen LogP contribution in [0.25, 0.3) is 0 Å². The zero-order valence-corrected chi connectivity index (χ0v) is 12.7. The SMILES string of the molecule is CCOC(=O)[C@H](Br)[C@H](Br)c1cccc([N+](=O)[O-])c1. The lowest BCUT2D eigenvalue weighted by Crippen LogP contribution is -2.21. The molecule has 0 spiro atoms. The van der Waals surface area contributed by atoms with Crippen LogP contribution in [0.1, 0.15) is 17.3 Å². The van der Waals surface area contributed by atoms with Crippen molar-refractivity contribution in [2.24, 2.45) is 0 Å². The Hall–Kier alpha value is -0.950. The van der Waals surface area contributed by atoms with Gasteiger partial charge in [-0.3, -0.25) is 14.9 Å². The Morgan fingerprint density at radius 3 is 2.72 bits per heavy atom. The number of alkyl halides is 2. The third kappa shape index (κ3) is 3.78. The highest BCUT2D eigenvalue weighted by molar-refractivity contribution is 9.12. The van der Waals surface area contributed by atoms with E-state index in [0.29, 0.717) is 5.56 Å². The highest BCUT2D eigenvalue weighted by Gasteiger charge is 2.27. The zero-order chi connectivity index (χ0) is 13.7. The van der Waals surface area contributed by atoms with Gasteiger partial charge in [0.1, 0.15) is 4.83 Å². The first-order chi connectivity index (χ1) is 8.47. The van der Waals surface area contributed by atoms with Gasteiger partial charge in [0.15, 0.2) is 0 Å². The van der Waals surface area contributed by atoms with E-state index in [1.165, 1.54) is 12.1 Å². The van der Waals surface area contributed by atoms with Crippen molar-refractivity contribution in [2.45, 2.75) is 16.6 Å². The predicted molar refractivity (Wildman–Crippen MR) is 74.1 cm³/mol. The first-order valence-electron chi connectivity index (χ1n) is 5.16. The molecule has 0 N–H and O–H groups in total. The fraction of sp³-hybridized carbons (Fsp3) is 0.364. The van der Waals surface area contributed by atoms with Crippen molar-refractivity contribution in [1.29, 1.82) is 0 Å². The molecule has 0 aliphatic carbocycles.